The van der Waals surface area contributed by atoms with Crippen molar-refractivity contribution in [3.63, 3.8) is 0 Å². The van der Waals surface area contributed by atoms with Crippen LogP contribution < -0.4 is 5.32 Å². The molecule has 1 saturated carbocycles. The normalized spacial score (nSPS) is 15.4. The number of carbonyl (C=O) groups is 1. The first-order valence-electron chi connectivity index (χ1n) is 8.58. The van der Waals surface area contributed by atoms with E-state index in [1.165, 1.54) is 43.9 Å². The molecular formula is C18H23N3O2S. The maximum Gasteiger partial charge on any atom is 0.316 e. The molecule has 0 aliphatic heterocycles. The highest BCUT2D eigenvalue weighted by molar-refractivity contribution is 7.99. The van der Waals surface area contributed by atoms with E-state index in [1.54, 1.807) is 6.92 Å². The van der Waals surface area contributed by atoms with Gasteiger partial charge in [-0.25, -0.2) is 9.97 Å². The molecule has 1 aromatic carbocycles. The zero-order valence-corrected chi connectivity index (χ0v) is 14.8. The molecule has 128 valence electrons. The molecular weight excluding hydrogens is 322 g/mol. The molecule has 0 radical (unpaired) electrons. The molecule has 0 spiro atoms. The van der Waals surface area contributed by atoms with E-state index in [2.05, 4.69) is 15.3 Å². The quantitative estimate of drug-likeness (QED) is 0.484. The summed E-state index contributed by atoms with van der Waals surface area (Å²) in [5.74, 6) is 0.870. The first kappa shape index (κ1) is 17.0. The fraction of sp³-hybridized carbons (Fsp3) is 0.500. The van der Waals surface area contributed by atoms with Gasteiger partial charge in [0, 0.05) is 11.4 Å². The van der Waals surface area contributed by atoms with Crippen LogP contribution in [-0.4, -0.2) is 34.3 Å². The molecule has 0 saturated heterocycles. The first-order valence-corrected chi connectivity index (χ1v) is 9.56. The molecule has 3 rings (SSSR count). The number of anilines is 1. The van der Waals surface area contributed by atoms with E-state index < -0.39 is 0 Å². The van der Waals surface area contributed by atoms with Gasteiger partial charge in [-0.15, -0.1) is 0 Å². The summed E-state index contributed by atoms with van der Waals surface area (Å²) in [7, 11) is 0. The predicted octanol–water partition coefficient (Wildman–Crippen LogP) is 4.03. The lowest BCUT2D eigenvalue weighted by Gasteiger charge is -2.24. The SMILES string of the molecule is CCOC(=O)CSc1nc(NC2CCCCC2)c2ccccc2n1. The molecule has 24 heavy (non-hydrogen) atoms. The summed E-state index contributed by atoms with van der Waals surface area (Å²) >= 11 is 1.32. The van der Waals surface area contributed by atoms with Crippen molar-refractivity contribution < 1.29 is 9.53 Å². The molecule has 0 atom stereocenters. The smallest absolute Gasteiger partial charge is 0.316 e. The number of nitrogens with zero attached hydrogens (tertiary/aromatic N) is 2. The maximum absolute atomic E-state index is 11.6. The predicted molar refractivity (Wildman–Crippen MR) is 97.4 cm³/mol. The van der Waals surface area contributed by atoms with Crippen molar-refractivity contribution in [2.24, 2.45) is 0 Å². The summed E-state index contributed by atoms with van der Waals surface area (Å²) in [5, 5.41) is 5.24. The summed E-state index contributed by atoms with van der Waals surface area (Å²) in [4.78, 5) is 20.8. The molecule has 6 heteroatoms. The van der Waals surface area contributed by atoms with Crippen LogP contribution in [0.1, 0.15) is 39.0 Å². The number of nitrogens with one attached hydrogen (secondary N) is 1. The third-order valence-corrected chi connectivity index (χ3v) is 4.97. The Kier molecular flexibility index (Phi) is 5.91. The molecule has 1 aliphatic rings. The van der Waals surface area contributed by atoms with E-state index in [9.17, 15) is 4.79 Å². The zero-order chi connectivity index (χ0) is 16.8. The standard InChI is InChI=1S/C18H23N3O2S/c1-2-23-16(22)12-24-18-20-15-11-7-6-10-14(15)17(21-18)19-13-8-4-3-5-9-13/h6-7,10-11,13H,2-5,8-9,12H2,1H3,(H,19,20,21). The fourth-order valence-electron chi connectivity index (χ4n) is 3.00. The van der Waals surface area contributed by atoms with Crippen LogP contribution >= 0.6 is 11.8 Å². The summed E-state index contributed by atoms with van der Waals surface area (Å²) < 4.78 is 4.97. The fourth-order valence-corrected chi connectivity index (χ4v) is 3.65. The number of thioether (sulfide) groups is 1. The first-order chi connectivity index (χ1) is 11.8. The van der Waals surface area contributed by atoms with E-state index in [0.29, 0.717) is 17.8 Å². The average molecular weight is 345 g/mol. The number of hydrogen-bond donors (Lipinski definition) is 1. The Morgan fingerprint density at radius 1 is 1.25 bits per heavy atom. The molecule has 0 bridgehead atoms. The van der Waals surface area contributed by atoms with E-state index in [0.717, 1.165) is 16.7 Å². The van der Waals surface area contributed by atoms with Crippen LogP contribution in [-0.2, 0) is 9.53 Å². The molecule has 1 aliphatic carbocycles. The molecule has 0 amide bonds. The minimum absolute atomic E-state index is 0.231. The molecule has 2 aromatic rings. The van der Waals surface area contributed by atoms with Crippen LogP contribution in [0.25, 0.3) is 10.9 Å². The summed E-state index contributed by atoms with van der Waals surface area (Å²) in [5.41, 5.74) is 0.900. The van der Waals surface area contributed by atoms with Crippen molar-refractivity contribution >= 4 is 34.5 Å². The van der Waals surface area contributed by atoms with Crippen molar-refractivity contribution in [1.29, 1.82) is 0 Å². The highest BCUT2D eigenvalue weighted by atomic mass is 32.2. The van der Waals surface area contributed by atoms with Gasteiger partial charge in [0.2, 0.25) is 0 Å². The highest BCUT2D eigenvalue weighted by Crippen LogP contribution is 2.27. The number of esters is 1. The lowest BCUT2D eigenvalue weighted by molar-refractivity contribution is -0.139. The summed E-state index contributed by atoms with van der Waals surface area (Å²) in [6.45, 7) is 2.20. The van der Waals surface area contributed by atoms with E-state index >= 15 is 0 Å². The van der Waals surface area contributed by atoms with Gasteiger partial charge >= 0.3 is 5.97 Å². The van der Waals surface area contributed by atoms with Gasteiger partial charge in [-0.2, -0.15) is 0 Å². The Morgan fingerprint density at radius 3 is 2.83 bits per heavy atom. The van der Waals surface area contributed by atoms with Crippen LogP contribution in [0.3, 0.4) is 0 Å². The van der Waals surface area contributed by atoms with Gasteiger partial charge in [-0.3, -0.25) is 4.79 Å². The monoisotopic (exact) mass is 345 g/mol. The third kappa shape index (κ3) is 4.38. The molecule has 0 unspecified atom stereocenters. The van der Waals surface area contributed by atoms with Crippen LogP contribution in [0, 0.1) is 0 Å². The maximum atomic E-state index is 11.6. The number of carbonyl (C=O) groups excluding carboxylic acids is 1. The van der Waals surface area contributed by atoms with Crippen LogP contribution in [0.4, 0.5) is 5.82 Å². The minimum atomic E-state index is -0.235. The zero-order valence-electron chi connectivity index (χ0n) is 14.0. The van der Waals surface area contributed by atoms with Gasteiger partial charge in [0.25, 0.3) is 0 Å². The highest BCUT2D eigenvalue weighted by Gasteiger charge is 2.16. The number of aromatic nitrogens is 2. The molecule has 1 N–H and O–H groups in total. The van der Waals surface area contributed by atoms with Gasteiger partial charge in [-0.1, -0.05) is 43.2 Å². The van der Waals surface area contributed by atoms with Crippen molar-refractivity contribution in [3.8, 4) is 0 Å². The summed E-state index contributed by atoms with van der Waals surface area (Å²) in [6, 6.07) is 8.47. The second-order valence-corrected chi connectivity index (χ2v) is 6.89. The molecule has 1 fully saturated rings. The topological polar surface area (TPSA) is 64.1 Å². The number of benzene rings is 1. The van der Waals surface area contributed by atoms with Gasteiger partial charge in [0.1, 0.15) is 5.82 Å². The van der Waals surface area contributed by atoms with Gasteiger partial charge in [0.05, 0.1) is 17.9 Å². The number of hydrogen-bond acceptors (Lipinski definition) is 6. The van der Waals surface area contributed by atoms with Crippen LogP contribution in [0.2, 0.25) is 0 Å². The van der Waals surface area contributed by atoms with Crippen molar-refractivity contribution in [2.45, 2.75) is 50.2 Å². The Hall–Kier alpha value is -1.82. The Bertz CT molecular complexity index is 702. The van der Waals surface area contributed by atoms with Crippen molar-refractivity contribution in [3.05, 3.63) is 24.3 Å². The van der Waals surface area contributed by atoms with Gasteiger partial charge < -0.3 is 10.1 Å². The second kappa shape index (κ2) is 8.33. The number of rotatable bonds is 6. The number of fused-ring (bicyclic) bond motifs is 1. The summed E-state index contributed by atoms with van der Waals surface area (Å²) in [6.07, 6.45) is 6.23. The third-order valence-electron chi connectivity index (χ3n) is 4.15. The second-order valence-electron chi connectivity index (χ2n) is 5.94. The largest absolute Gasteiger partial charge is 0.465 e. The molecule has 1 heterocycles. The Labute approximate surface area is 146 Å². The van der Waals surface area contributed by atoms with Crippen molar-refractivity contribution in [1.82, 2.24) is 9.97 Å². The Morgan fingerprint density at radius 2 is 2.04 bits per heavy atom. The number of ether oxygens (including phenoxy) is 1. The lowest BCUT2D eigenvalue weighted by atomic mass is 9.95. The van der Waals surface area contributed by atoms with Crippen molar-refractivity contribution in [2.75, 3.05) is 17.7 Å². The van der Waals surface area contributed by atoms with Crippen LogP contribution in [0.15, 0.2) is 29.4 Å². The van der Waals surface area contributed by atoms with Crippen LogP contribution in [0.5, 0.6) is 0 Å². The number of para-hydroxylation sites is 1. The Balaban J connectivity index is 1.81. The molecule has 1 aromatic heterocycles. The van der Waals surface area contributed by atoms with E-state index in [4.69, 9.17) is 4.74 Å². The van der Waals surface area contributed by atoms with Gasteiger partial charge in [0.15, 0.2) is 5.16 Å². The minimum Gasteiger partial charge on any atom is -0.465 e. The van der Waals surface area contributed by atoms with E-state index in [1.807, 2.05) is 24.3 Å². The lowest BCUT2D eigenvalue weighted by Crippen LogP contribution is -2.23. The van der Waals surface area contributed by atoms with E-state index in [-0.39, 0.29) is 11.7 Å². The average Bonchev–Trinajstić information content (AvgIpc) is 2.61. The molecule has 5 nitrogen and oxygen atoms in total. The van der Waals surface area contributed by atoms with Gasteiger partial charge in [-0.05, 0) is 31.9 Å².